The second-order valence-electron chi connectivity index (χ2n) is 19.4. The first kappa shape index (κ1) is 66.2. The Balaban J connectivity index is 0.000000207. The molecule has 0 saturated carbocycles. The number of nitrogens with zero attached hydrogens (tertiary/aromatic N) is 7. The molecule has 8 aromatic rings. The number of amides is 4. The second-order valence-corrected chi connectivity index (χ2v) is 20.6. The van der Waals surface area contributed by atoms with Gasteiger partial charge in [-0.1, -0.05) is 12.1 Å². The Morgan fingerprint density at radius 2 is 1.05 bits per heavy atom. The first-order valence-corrected chi connectivity index (χ1v) is 26.3. The van der Waals surface area contributed by atoms with Gasteiger partial charge in [0.1, 0.15) is 23.3 Å². The number of aryl methyl sites for hydroxylation is 2. The minimum Gasteiger partial charge on any atom is -0.477 e. The van der Waals surface area contributed by atoms with E-state index in [-0.39, 0.29) is 35.1 Å². The zero-order valence-electron chi connectivity index (χ0n) is 45.9. The minimum absolute atomic E-state index is 0.0234. The molecule has 30 heteroatoms. The van der Waals surface area contributed by atoms with E-state index < -0.39 is 94.8 Å². The Hall–Kier alpha value is -8.94. The van der Waals surface area contributed by atoms with Crippen LogP contribution in [0.15, 0.2) is 131 Å². The van der Waals surface area contributed by atoms with Gasteiger partial charge in [-0.2, -0.15) is 36.5 Å². The van der Waals surface area contributed by atoms with E-state index in [2.05, 4.69) is 55.2 Å². The van der Waals surface area contributed by atoms with E-state index in [4.69, 9.17) is 5.11 Å². The summed E-state index contributed by atoms with van der Waals surface area (Å²) in [5.74, 6) is -20.8. The lowest BCUT2D eigenvalue weighted by atomic mass is 9.98. The Morgan fingerprint density at radius 1 is 0.605 bits per heavy atom. The van der Waals surface area contributed by atoms with Gasteiger partial charge in [-0.25, -0.2) is 31.7 Å². The van der Waals surface area contributed by atoms with Crippen LogP contribution in [0.1, 0.15) is 56.8 Å². The molecular weight excluding hydrogens is 1270 g/mol. The zero-order valence-corrected chi connectivity index (χ0v) is 48.1. The summed E-state index contributed by atoms with van der Waals surface area (Å²) >= 11 is 2.28. The molecule has 0 spiro atoms. The van der Waals surface area contributed by atoms with Crippen molar-refractivity contribution in [2.75, 3.05) is 11.9 Å². The van der Waals surface area contributed by atoms with Crippen LogP contribution in [-0.4, -0.2) is 100 Å². The maximum atomic E-state index is 14.9. The van der Waals surface area contributed by atoms with E-state index in [9.17, 15) is 77.5 Å². The van der Waals surface area contributed by atoms with E-state index in [0.717, 1.165) is 40.9 Å². The van der Waals surface area contributed by atoms with Crippen LogP contribution in [0.2, 0.25) is 0 Å². The van der Waals surface area contributed by atoms with Crippen molar-refractivity contribution < 1.29 is 73.0 Å². The summed E-state index contributed by atoms with van der Waals surface area (Å²) in [5.41, 5.74) is 7.54. The van der Waals surface area contributed by atoms with Gasteiger partial charge >= 0.3 is 23.7 Å². The highest BCUT2D eigenvalue weighted by Crippen LogP contribution is 2.40. The highest BCUT2D eigenvalue weighted by molar-refractivity contribution is 14.1. The monoisotopic (exact) mass is 1320 g/mol. The molecule has 10 rings (SSSR count). The highest BCUT2D eigenvalue weighted by atomic mass is 127. The zero-order chi connectivity index (χ0) is 63.9. The lowest BCUT2D eigenvalue weighted by molar-refractivity contribution is -0.162. The Bertz CT molecular complexity index is 3970. The molecule has 456 valence electrons. The lowest BCUT2D eigenvalue weighted by Crippen LogP contribution is -2.46. The van der Waals surface area contributed by atoms with Gasteiger partial charge in [-0.3, -0.25) is 28.8 Å². The number of carbonyl (C=O) groups is 5. The van der Waals surface area contributed by atoms with Gasteiger partial charge in [0.05, 0.1) is 59.0 Å². The fourth-order valence-corrected chi connectivity index (χ4v) is 9.20. The SMILES string of the molecule is CC(F)(F)C(=O)N[C@H]1CC(=O)NC1c1ccc(F)cc1F.CC(F)(F)C(=O)O.CN.Cn1cc(-n2ncc3cc(I)ccc32)ccc1=O.Cn1cc(-n2ncc3cc(N4C(=O)C[C@H](NC(=O)C(C)(F)F)C4c4ccc(F)cc4F)ccc32)ccc1=O. The van der Waals surface area contributed by atoms with Gasteiger partial charge < -0.3 is 40.8 Å². The molecule has 2 fully saturated rings. The van der Waals surface area contributed by atoms with Crippen LogP contribution in [0.4, 0.5) is 49.6 Å². The number of alkyl halides is 6. The largest absolute Gasteiger partial charge is 0.477 e. The summed E-state index contributed by atoms with van der Waals surface area (Å²) in [5, 5.41) is 24.5. The van der Waals surface area contributed by atoms with E-state index in [1.165, 1.54) is 32.3 Å². The summed E-state index contributed by atoms with van der Waals surface area (Å²) in [7, 11) is 4.84. The number of anilines is 1. The van der Waals surface area contributed by atoms with Crippen LogP contribution >= 0.6 is 22.6 Å². The van der Waals surface area contributed by atoms with Gasteiger partial charge in [-0.05, 0) is 90.3 Å². The summed E-state index contributed by atoms with van der Waals surface area (Å²) in [6.07, 6.45) is 6.13. The van der Waals surface area contributed by atoms with Crippen molar-refractivity contribution >= 4 is 79.7 Å². The Morgan fingerprint density at radius 3 is 1.50 bits per heavy atom. The standard InChI is InChI=1S/C26H21F4N5O3.C13H12F4N2O2.C13H10IN3O.C3H4F2O2.CH5N/c1-26(29,30)25(38)32-20-11-23(37)34(24(20)18-6-3-15(27)10-19(18)28)16-4-7-21-14(9-16)12-31-35(21)17-5-8-22(36)33(2)13-17;1-13(16,17)12(21)18-9-5-10(20)19-11(9)7-3-2-6(14)4-8(7)15;1-16-8-11(3-5-13(16)18)17-12-4-2-10(14)6-9(12)7-15-17;1-3(4,5)2(6)7;1-2/h3-10,12-13,20,24H,11H2,1-2H3,(H,32,38);2-4,9,11H,5H2,1H3,(H,18,21)(H,19,20);2-8H,1H3;1H3,(H,6,7);2H2,1H3/t20-,24?;9-,11?;;;/m00.../s1. The maximum Gasteiger partial charge on any atom is 0.374 e. The summed E-state index contributed by atoms with van der Waals surface area (Å²) in [4.78, 5) is 81.5. The van der Waals surface area contributed by atoms with Crippen LogP contribution in [-0.2, 0) is 38.1 Å². The van der Waals surface area contributed by atoms with Crippen LogP contribution in [0.5, 0.6) is 0 Å². The average Bonchev–Trinajstić information content (AvgIpc) is 1.76. The predicted octanol–water partition coefficient (Wildman–Crippen LogP) is 7.92. The Labute approximate surface area is 494 Å². The van der Waals surface area contributed by atoms with Gasteiger partial charge in [-0.15, -0.1) is 0 Å². The maximum absolute atomic E-state index is 14.9. The average molecular weight is 1320 g/mol. The quantitative estimate of drug-likeness (QED) is 0.0650. The number of carboxylic acid groups (broad SMARTS) is 1. The number of halogens is 11. The molecule has 2 unspecified atom stereocenters. The van der Waals surface area contributed by atoms with Crippen molar-refractivity contribution in [3.63, 3.8) is 0 Å². The van der Waals surface area contributed by atoms with Crippen molar-refractivity contribution in [1.82, 2.24) is 44.6 Å². The van der Waals surface area contributed by atoms with Crippen molar-refractivity contribution in [3.8, 4) is 11.4 Å². The predicted molar refractivity (Wildman–Crippen MR) is 302 cm³/mol. The molecule has 0 aliphatic carbocycles. The van der Waals surface area contributed by atoms with Gasteiger partial charge in [0.2, 0.25) is 22.9 Å². The van der Waals surface area contributed by atoms with E-state index >= 15 is 0 Å². The number of hydrogen-bond acceptors (Lipinski definition) is 10. The number of rotatable bonds is 10. The smallest absolute Gasteiger partial charge is 0.374 e. The number of benzene rings is 4. The molecule has 2 saturated heterocycles. The molecule has 2 aliphatic rings. The molecule has 6 N–H and O–H groups in total. The number of nitrogens with one attached hydrogen (secondary N) is 3. The first-order chi connectivity index (χ1) is 40.2. The molecule has 4 atom stereocenters. The lowest BCUT2D eigenvalue weighted by Gasteiger charge is -2.30. The van der Waals surface area contributed by atoms with Crippen LogP contribution in [0, 0.1) is 26.8 Å². The molecule has 2 aliphatic heterocycles. The minimum atomic E-state index is -3.73. The van der Waals surface area contributed by atoms with Gasteiger partial charge in [0, 0.05) is 116 Å². The van der Waals surface area contributed by atoms with Gasteiger partial charge in [0.25, 0.3) is 11.8 Å². The molecular formula is C56H52F10IN11O8. The number of hydrogen-bond donors (Lipinski definition) is 5. The topological polar surface area (TPSA) is 251 Å². The number of aromatic nitrogens is 6. The third-order valence-electron chi connectivity index (χ3n) is 12.8. The third-order valence-corrected chi connectivity index (χ3v) is 13.5. The number of aliphatic carboxylic acids is 1. The van der Waals surface area contributed by atoms with Crippen molar-refractivity contribution in [1.29, 1.82) is 0 Å². The van der Waals surface area contributed by atoms with Crippen LogP contribution in [0.25, 0.3) is 33.2 Å². The highest BCUT2D eigenvalue weighted by Gasteiger charge is 2.46. The number of carboxylic acids is 1. The molecule has 0 bridgehead atoms. The molecule has 4 amide bonds. The van der Waals surface area contributed by atoms with Crippen molar-refractivity contribution in [2.45, 2.75) is 75.5 Å². The summed E-state index contributed by atoms with van der Waals surface area (Å²) in [6, 6.07) is 18.3. The molecule has 4 aromatic carbocycles. The fourth-order valence-electron chi connectivity index (χ4n) is 8.68. The van der Waals surface area contributed by atoms with Crippen LogP contribution in [0.3, 0.4) is 0 Å². The second kappa shape index (κ2) is 27.0. The normalized spacial score (nSPS) is 16.6. The fraction of sp³-hybridized carbons (Fsp3) is 0.268. The molecule has 6 heterocycles. The van der Waals surface area contributed by atoms with E-state index in [1.807, 2.05) is 28.3 Å². The van der Waals surface area contributed by atoms with E-state index in [0.29, 0.717) is 55.2 Å². The molecule has 86 heavy (non-hydrogen) atoms. The number of fused-ring (bicyclic) bond motifs is 2. The first-order valence-electron chi connectivity index (χ1n) is 25.2. The molecule has 4 aromatic heterocycles. The number of carbonyl (C=O) groups excluding carboxylic acids is 4. The number of pyridine rings is 2. The number of nitrogens with two attached hydrogens (primary N) is 1. The van der Waals surface area contributed by atoms with Crippen molar-refractivity contribution in [3.05, 3.63) is 181 Å². The summed E-state index contributed by atoms with van der Waals surface area (Å²) in [6.45, 7) is 1.16. The van der Waals surface area contributed by atoms with Gasteiger partial charge in [0.15, 0.2) is 0 Å². The van der Waals surface area contributed by atoms with Crippen LogP contribution < -0.4 is 37.7 Å². The van der Waals surface area contributed by atoms with E-state index in [1.54, 1.807) is 72.1 Å². The van der Waals surface area contributed by atoms with Crippen molar-refractivity contribution in [2.24, 2.45) is 19.8 Å². The summed E-state index contributed by atoms with van der Waals surface area (Å²) < 4.78 is 138. The molecule has 0 radical (unpaired) electrons. The third kappa shape index (κ3) is 15.9. The molecule has 19 nitrogen and oxygen atoms in total. The Kier molecular flexibility index (Phi) is 20.8.